The maximum Gasteiger partial charge on any atom is 0.343 e. The number of ether oxygens (including phenoxy) is 3. The van der Waals surface area contributed by atoms with Gasteiger partial charge in [-0.05, 0) is 12.1 Å². The standard InChI is InChI=1S/C13H15N5O4/c1-20-11-5-8(17-18-9(6-14)13(15)16)3-4-10(11)22-7-12(19)21-2/h3-5,17H,7H2,1-2H3,(H3,15,16)/b18-9+. The topological polar surface area (TPSA) is 143 Å². The molecule has 0 aliphatic carbocycles. The number of esters is 1. The molecule has 1 aromatic rings. The summed E-state index contributed by atoms with van der Waals surface area (Å²) < 4.78 is 14.9. The highest BCUT2D eigenvalue weighted by molar-refractivity contribution is 6.45. The number of carbonyl (C=O) groups excluding carboxylic acids is 1. The van der Waals surface area contributed by atoms with E-state index in [1.54, 1.807) is 24.3 Å². The maximum absolute atomic E-state index is 11.0. The average Bonchev–Trinajstić information content (AvgIpc) is 2.53. The van der Waals surface area contributed by atoms with Crippen LogP contribution in [0.1, 0.15) is 0 Å². The molecule has 0 fully saturated rings. The zero-order valence-electron chi connectivity index (χ0n) is 12.0. The number of benzene rings is 1. The number of nitrogens with two attached hydrogens (primary N) is 1. The first-order chi connectivity index (χ1) is 10.5. The Labute approximate surface area is 126 Å². The number of methoxy groups -OCH3 is 2. The van der Waals surface area contributed by atoms with E-state index in [1.807, 2.05) is 0 Å². The zero-order chi connectivity index (χ0) is 16.5. The molecule has 4 N–H and O–H groups in total. The van der Waals surface area contributed by atoms with E-state index in [1.165, 1.54) is 14.2 Å². The minimum atomic E-state index is -0.519. The summed E-state index contributed by atoms with van der Waals surface area (Å²) in [5.41, 5.74) is 7.98. The molecule has 9 heteroatoms. The fraction of sp³-hybridized carbons (Fsp3) is 0.231. The van der Waals surface area contributed by atoms with E-state index in [-0.39, 0.29) is 12.3 Å². The average molecular weight is 305 g/mol. The predicted octanol–water partition coefficient (Wildman–Crippen LogP) is 0.474. The van der Waals surface area contributed by atoms with Crippen molar-refractivity contribution in [3.05, 3.63) is 18.2 Å². The number of rotatable bonds is 7. The quantitative estimate of drug-likeness (QED) is 0.287. The maximum atomic E-state index is 11.0. The van der Waals surface area contributed by atoms with Gasteiger partial charge < -0.3 is 19.9 Å². The number of carbonyl (C=O) groups is 1. The summed E-state index contributed by atoms with van der Waals surface area (Å²) in [6.45, 7) is -0.249. The summed E-state index contributed by atoms with van der Waals surface area (Å²) in [6, 6.07) is 6.37. The van der Waals surface area contributed by atoms with Crippen molar-refractivity contribution >= 4 is 23.2 Å². The van der Waals surface area contributed by atoms with Crippen molar-refractivity contribution < 1.29 is 19.0 Å². The van der Waals surface area contributed by atoms with Crippen LogP contribution in [0.25, 0.3) is 0 Å². The number of hydrazone groups is 1. The molecule has 0 aliphatic rings. The molecule has 9 nitrogen and oxygen atoms in total. The summed E-state index contributed by atoms with van der Waals surface area (Å²) in [5, 5.41) is 19.6. The van der Waals surface area contributed by atoms with Crippen molar-refractivity contribution in [3.63, 3.8) is 0 Å². The first-order valence-corrected chi connectivity index (χ1v) is 5.97. The van der Waals surface area contributed by atoms with Gasteiger partial charge in [-0.2, -0.15) is 10.4 Å². The summed E-state index contributed by atoms with van der Waals surface area (Å²) >= 11 is 0. The van der Waals surface area contributed by atoms with E-state index in [9.17, 15) is 4.79 Å². The van der Waals surface area contributed by atoms with Gasteiger partial charge in [0.25, 0.3) is 0 Å². The summed E-state index contributed by atoms with van der Waals surface area (Å²) in [4.78, 5) is 11.0. The lowest BCUT2D eigenvalue weighted by Gasteiger charge is -2.11. The van der Waals surface area contributed by atoms with Crippen LogP contribution in [0.5, 0.6) is 11.5 Å². The minimum absolute atomic E-state index is 0.245. The zero-order valence-corrected chi connectivity index (χ0v) is 12.0. The molecule has 0 heterocycles. The number of nitriles is 1. The van der Waals surface area contributed by atoms with Gasteiger partial charge in [-0.3, -0.25) is 10.8 Å². The van der Waals surface area contributed by atoms with Crippen LogP contribution < -0.4 is 20.6 Å². The number of hydrogen-bond donors (Lipinski definition) is 3. The van der Waals surface area contributed by atoms with Gasteiger partial charge >= 0.3 is 5.97 Å². The molecule has 0 aliphatic heterocycles. The van der Waals surface area contributed by atoms with E-state index in [2.05, 4.69) is 15.3 Å². The van der Waals surface area contributed by atoms with E-state index in [0.29, 0.717) is 17.2 Å². The van der Waals surface area contributed by atoms with Gasteiger partial charge in [0.2, 0.25) is 5.71 Å². The first kappa shape index (κ1) is 16.8. The van der Waals surface area contributed by atoms with Crippen molar-refractivity contribution in [1.82, 2.24) is 0 Å². The summed E-state index contributed by atoms with van der Waals surface area (Å²) in [6.07, 6.45) is 0. The molecule has 0 spiro atoms. The van der Waals surface area contributed by atoms with Gasteiger partial charge in [-0.25, -0.2) is 4.79 Å². The predicted molar refractivity (Wildman–Crippen MR) is 79.1 cm³/mol. The van der Waals surface area contributed by atoms with Gasteiger partial charge in [0.05, 0.1) is 19.9 Å². The molecule has 0 unspecified atom stereocenters. The second-order valence-electron chi connectivity index (χ2n) is 3.83. The Bertz CT molecular complexity index is 636. The molecule has 1 aromatic carbocycles. The molecular formula is C13H15N5O4. The fourth-order valence-corrected chi connectivity index (χ4v) is 1.32. The normalized spacial score (nSPS) is 10.3. The van der Waals surface area contributed by atoms with Crippen LogP contribution in [0, 0.1) is 16.7 Å². The van der Waals surface area contributed by atoms with Crippen molar-refractivity contribution in [2.75, 3.05) is 26.3 Å². The minimum Gasteiger partial charge on any atom is -0.493 e. The number of nitrogens with zero attached hydrogens (tertiary/aromatic N) is 2. The molecule has 0 amide bonds. The van der Waals surface area contributed by atoms with Crippen molar-refractivity contribution in [1.29, 1.82) is 10.7 Å². The third-order valence-corrected chi connectivity index (χ3v) is 2.39. The molecule has 0 radical (unpaired) electrons. The third kappa shape index (κ3) is 4.68. The van der Waals surface area contributed by atoms with Crippen molar-refractivity contribution in [3.8, 4) is 17.6 Å². The first-order valence-electron chi connectivity index (χ1n) is 5.97. The van der Waals surface area contributed by atoms with Gasteiger partial charge in [0.15, 0.2) is 23.9 Å². The lowest BCUT2D eigenvalue weighted by atomic mass is 10.3. The molecule has 116 valence electrons. The van der Waals surface area contributed by atoms with E-state index in [0.717, 1.165) is 0 Å². The Morgan fingerprint density at radius 2 is 2.18 bits per heavy atom. The molecule has 0 bridgehead atoms. The molecule has 1 rings (SSSR count). The van der Waals surface area contributed by atoms with Gasteiger partial charge in [0.1, 0.15) is 6.07 Å². The Morgan fingerprint density at radius 1 is 1.45 bits per heavy atom. The van der Waals surface area contributed by atoms with Crippen LogP contribution in [-0.2, 0) is 9.53 Å². The second kappa shape index (κ2) is 8.11. The van der Waals surface area contributed by atoms with Crippen molar-refractivity contribution in [2.45, 2.75) is 0 Å². The Kier molecular flexibility index (Phi) is 6.18. The monoisotopic (exact) mass is 305 g/mol. The van der Waals surface area contributed by atoms with Crippen LogP contribution >= 0.6 is 0 Å². The lowest BCUT2D eigenvalue weighted by molar-refractivity contribution is -0.142. The SMILES string of the molecule is COC(=O)COc1ccc(N/N=C(\C#N)C(=N)N)cc1OC. The largest absolute Gasteiger partial charge is 0.493 e. The number of amidine groups is 1. The molecule has 0 saturated heterocycles. The molecule has 0 saturated carbocycles. The molecule has 0 atom stereocenters. The highest BCUT2D eigenvalue weighted by atomic mass is 16.6. The third-order valence-electron chi connectivity index (χ3n) is 2.39. The highest BCUT2D eigenvalue weighted by Crippen LogP contribution is 2.30. The van der Waals surface area contributed by atoms with Crippen molar-refractivity contribution in [2.24, 2.45) is 10.8 Å². The number of anilines is 1. The lowest BCUT2D eigenvalue weighted by Crippen LogP contribution is -2.21. The van der Waals surface area contributed by atoms with Gasteiger partial charge in [0, 0.05) is 6.07 Å². The number of hydrogen-bond acceptors (Lipinski definition) is 8. The van der Waals surface area contributed by atoms with E-state index >= 15 is 0 Å². The Morgan fingerprint density at radius 3 is 2.73 bits per heavy atom. The van der Waals surface area contributed by atoms with E-state index < -0.39 is 11.8 Å². The number of nitrogens with one attached hydrogen (secondary N) is 2. The van der Waals surface area contributed by atoms with Crippen LogP contribution in [0.15, 0.2) is 23.3 Å². The van der Waals surface area contributed by atoms with Crippen LogP contribution in [0.2, 0.25) is 0 Å². The van der Waals surface area contributed by atoms with Crippen LogP contribution in [-0.4, -0.2) is 38.3 Å². The Balaban J connectivity index is 2.86. The molecule has 0 aromatic heterocycles. The Hall–Kier alpha value is -3.28. The molecule has 22 heavy (non-hydrogen) atoms. The summed E-state index contributed by atoms with van der Waals surface area (Å²) in [7, 11) is 2.69. The molecular weight excluding hydrogens is 290 g/mol. The van der Waals surface area contributed by atoms with Crippen LogP contribution in [0.3, 0.4) is 0 Å². The highest BCUT2D eigenvalue weighted by Gasteiger charge is 2.09. The second-order valence-corrected chi connectivity index (χ2v) is 3.83. The fourth-order valence-electron chi connectivity index (χ4n) is 1.32. The van der Waals surface area contributed by atoms with Gasteiger partial charge in [-0.15, -0.1) is 0 Å². The summed E-state index contributed by atoms with van der Waals surface area (Å²) in [5.74, 6) is -0.270. The van der Waals surface area contributed by atoms with Gasteiger partial charge in [-0.1, -0.05) is 0 Å². The van der Waals surface area contributed by atoms with E-state index in [4.69, 9.17) is 25.9 Å². The van der Waals surface area contributed by atoms with Crippen LogP contribution in [0.4, 0.5) is 5.69 Å². The smallest absolute Gasteiger partial charge is 0.343 e.